The zero-order valence-corrected chi connectivity index (χ0v) is 23.9. The van der Waals surface area contributed by atoms with Gasteiger partial charge in [-0.25, -0.2) is 0 Å². The molecule has 4 amide bonds. The van der Waals surface area contributed by atoms with Gasteiger partial charge in [-0.3, -0.25) is 29.0 Å². The third-order valence-electron chi connectivity index (χ3n) is 6.18. The maximum Gasteiger partial charge on any atom is 0.322 e. The van der Waals surface area contributed by atoms with Crippen molar-refractivity contribution in [2.75, 3.05) is 19.6 Å². The molecule has 0 saturated carbocycles. The second-order valence-corrected chi connectivity index (χ2v) is 9.81. The molecule has 0 unspecified atom stereocenters. The number of carbonyl (C=O) groups is 5. The Labute approximate surface area is 253 Å². The fourth-order valence-electron chi connectivity index (χ4n) is 3.91. The fraction of sp³-hybridized carbons (Fsp3) is 0.357. The van der Waals surface area contributed by atoms with E-state index in [0.29, 0.717) is 11.1 Å². The number of benzene rings is 2. The van der Waals surface area contributed by atoms with Crippen molar-refractivity contribution in [3.05, 3.63) is 59.7 Å². The van der Waals surface area contributed by atoms with E-state index in [4.69, 9.17) is 22.3 Å². The van der Waals surface area contributed by atoms with Crippen molar-refractivity contribution in [2.45, 2.75) is 43.8 Å². The number of amides is 4. The highest BCUT2D eigenvalue weighted by molar-refractivity contribution is 5.94. The summed E-state index contributed by atoms with van der Waals surface area (Å²) in [7, 11) is 0. The molecule has 0 radical (unpaired) electrons. The lowest BCUT2D eigenvalue weighted by Gasteiger charge is -2.24. The van der Waals surface area contributed by atoms with Gasteiger partial charge in [0.25, 0.3) is 0 Å². The molecular formula is C28H38N8O8. The smallest absolute Gasteiger partial charge is 0.322 e. The molecule has 238 valence electrons. The number of aliphatic imine (C=N–C) groups is 1. The molecule has 0 fully saturated rings. The first-order chi connectivity index (χ1) is 20.8. The summed E-state index contributed by atoms with van der Waals surface area (Å²) >= 11 is 0. The average Bonchev–Trinajstić information content (AvgIpc) is 2.97. The molecule has 16 heteroatoms. The molecule has 3 atom stereocenters. The zero-order valence-electron chi connectivity index (χ0n) is 23.9. The number of nitrogens with one attached hydrogen (secondary N) is 4. The first-order valence-electron chi connectivity index (χ1n) is 13.6. The van der Waals surface area contributed by atoms with Crippen molar-refractivity contribution in [3.63, 3.8) is 0 Å². The Morgan fingerprint density at radius 1 is 0.727 bits per heavy atom. The van der Waals surface area contributed by atoms with Crippen molar-refractivity contribution in [1.29, 1.82) is 0 Å². The van der Waals surface area contributed by atoms with Crippen molar-refractivity contribution in [2.24, 2.45) is 22.2 Å². The number of aromatic hydroxyl groups is 2. The summed E-state index contributed by atoms with van der Waals surface area (Å²) in [5.41, 5.74) is 18.1. The van der Waals surface area contributed by atoms with Gasteiger partial charge in [-0.2, -0.15) is 0 Å². The standard InChI is InChI=1S/C28H38N8O8/c29-20(12-16-3-7-18(37)8-4-16)25(42)36-22(13-17-5-9-19(38)10-6-17)27(44)35-21(2-1-11-32-28(30)31)26(43)34-14-23(39)33-15-24(40)41/h3-10,20-22,37-38H,1-2,11-15,29H2,(H,33,39)(H,34,43)(H,35,44)(H,36,42)(H,40,41)(H4,30,31,32)/t20-,21-,22-/m0/s1. The van der Waals surface area contributed by atoms with Gasteiger partial charge in [0.1, 0.15) is 30.1 Å². The normalized spacial score (nSPS) is 12.6. The monoisotopic (exact) mass is 614 g/mol. The van der Waals surface area contributed by atoms with E-state index in [-0.39, 0.29) is 49.7 Å². The first-order valence-corrected chi connectivity index (χ1v) is 13.6. The highest BCUT2D eigenvalue weighted by atomic mass is 16.4. The van der Waals surface area contributed by atoms with Crippen molar-refractivity contribution >= 4 is 35.6 Å². The number of carboxylic acids is 1. The van der Waals surface area contributed by atoms with Crippen LogP contribution in [-0.2, 0) is 36.8 Å². The maximum absolute atomic E-state index is 13.5. The van der Waals surface area contributed by atoms with Crippen LogP contribution in [0, 0.1) is 0 Å². The summed E-state index contributed by atoms with van der Waals surface area (Å²) in [6.07, 6.45) is 0.391. The largest absolute Gasteiger partial charge is 0.508 e. The van der Waals surface area contributed by atoms with E-state index in [0.717, 1.165) is 0 Å². The van der Waals surface area contributed by atoms with Crippen molar-refractivity contribution in [3.8, 4) is 11.5 Å². The fourth-order valence-corrected chi connectivity index (χ4v) is 3.91. The second kappa shape index (κ2) is 17.5. The second-order valence-electron chi connectivity index (χ2n) is 9.81. The van der Waals surface area contributed by atoms with E-state index in [1.54, 1.807) is 24.3 Å². The highest BCUT2D eigenvalue weighted by Gasteiger charge is 2.28. The van der Waals surface area contributed by atoms with E-state index in [2.05, 4.69) is 26.3 Å². The number of carbonyl (C=O) groups excluding carboxylic acids is 4. The molecule has 44 heavy (non-hydrogen) atoms. The van der Waals surface area contributed by atoms with Crippen molar-refractivity contribution in [1.82, 2.24) is 21.3 Å². The first kappa shape index (κ1) is 34.8. The van der Waals surface area contributed by atoms with Gasteiger partial charge in [-0.15, -0.1) is 0 Å². The molecule has 2 aromatic rings. The summed E-state index contributed by atoms with van der Waals surface area (Å²) in [5, 5.41) is 37.5. The molecule has 16 nitrogen and oxygen atoms in total. The number of aliphatic carboxylic acids is 1. The van der Waals surface area contributed by atoms with Gasteiger partial charge in [0.2, 0.25) is 23.6 Å². The van der Waals surface area contributed by atoms with Crippen LogP contribution in [0.1, 0.15) is 24.0 Å². The molecular weight excluding hydrogens is 576 g/mol. The minimum absolute atomic E-state index is 0.000362. The number of rotatable bonds is 17. The average molecular weight is 615 g/mol. The third kappa shape index (κ3) is 13.1. The zero-order chi connectivity index (χ0) is 32.6. The minimum Gasteiger partial charge on any atom is -0.508 e. The van der Waals surface area contributed by atoms with Crippen LogP contribution < -0.4 is 38.5 Å². The van der Waals surface area contributed by atoms with Gasteiger partial charge in [-0.05, 0) is 54.7 Å². The third-order valence-corrected chi connectivity index (χ3v) is 6.18. The summed E-state index contributed by atoms with van der Waals surface area (Å²) in [6, 6.07) is 8.63. The van der Waals surface area contributed by atoms with Gasteiger partial charge in [0.15, 0.2) is 5.96 Å². The molecule has 0 heterocycles. The Morgan fingerprint density at radius 3 is 1.82 bits per heavy atom. The van der Waals surface area contributed by atoms with Gasteiger partial charge in [-0.1, -0.05) is 24.3 Å². The number of nitrogens with zero attached hydrogens (tertiary/aromatic N) is 1. The lowest BCUT2D eigenvalue weighted by molar-refractivity contribution is -0.138. The lowest BCUT2D eigenvalue weighted by Crippen LogP contribution is -2.57. The SMILES string of the molecule is NC(N)=NCCC[C@H](NC(=O)[C@H](Cc1ccc(O)cc1)NC(=O)[C@@H](N)Cc1ccc(O)cc1)C(=O)NCC(=O)NCC(=O)O. The molecule has 2 aromatic carbocycles. The number of hydrogen-bond donors (Lipinski definition) is 10. The van der Waals surface area contributed by atoms with E-state index in [9.17, 15) is 34.2 Å². The van der Waals surface area contributed by atoms with E-state index < -0.39 is 60.8 Å². The van der Waals surface area contributed by atoms with Gasteiger partial charge in [0, 0.05) is 13.0 Å². The number of phenolic OH excluding ortho intramolecular Hbond substituents is 2. The number of nitrogens with two attached hydrogens (primary N) is 3. The number of carboxylic acid groups (broad SMARTS) is 1. The molecule has 2 rings (SSSR count). The summed E-state index contributed by atoms with van der Waals surface area (Å²) < 4.78 is 0. The van der Waals surface area contributed by atoms with Crippen LogP contribution in [0.3, 0.4) is 0 Å². The van der Waals surface area contributed by atoms with Crippen LogP contribution >= 0.6 is 0 Å². The van der Waals surface area contributed by atoms with Crippen LogP contribution in [0.2, 0.25) is 0 Å². The number of phenols is 2. The summed E-state index contributed by atoms with van der Waals surface area (Å²) in [6.45, 7) is -1.05. The minimum atomic E-state index is -1.26. The van der Waals surface area contributed by atoms with E-state index >= 15 is 0 Å². The maximum atomic E-state index is 13.5. The van der Waals surface area contributed by atoms with E-state index in [1.807, 2.05) is 0 Å². The quantitative estimate of drug-likeness (QED) is 0.0507. The molecule has 0 aliphatic rings. The Kier molecular flexibility index (Phi) is 13.9. The Balaban J connectivity index is 2.19. The lowest BCUT2D eigenvalue weighted by atomic mass is 10.0. The Hall–Kier alpha value is -5.38. The molecule has 0 saturated heterocycles. The molecule has 0 bridgehead atoms. The summed E-state index contributed by atoms with van der Waals surface area (Å²) in [5.74, 6) is -4.26. The van der Waals surface area contributed by atoms with Gasteiger partial charge < -0.3 is 53.8 Å². The molecule has 0 aliphatic heterocycles. The van der Waals surface area contributed by atoms with Crippen LogP contribution in [0.15, 0.2) is 53.5 Å². The van der Waals surface area contributed by atoms with Gasteiger partial charge >= 0.3 is 5.97 Å². The van der Waals surface area contributed by atoms with Gasteiger partial charge in [0.05, 0.1) is 12.6 Å². The van der Waals surface area contributed by atoms with Crippen LogP contribution in [-0.4, -0.2) is 88.6 Å². The van der Waals surface area contributed by atoms with Crippen LogP contribution in [0.25, 0.3) is 0 Å². The Bertz CT molecular complexity index is 1310. The van der Waals surface area contributed by atoms with Crippen LogP contribution in [0.5, 0.6) is 11.5 Å². The number of guanidine groups is 1. The molecule has 13 N–H and O–H groups in total. The molecule has 0 aromatic heterocycles. The predicted octanol–water partition coefficient (Wildman–Crippen LogP) is -2.45. The highest BCUT2D eigenvalue weighted by Crippen LogP contribution is 2.13. The topological polar surface area (TPSA) is 285 Å². The molecule has 0 aliphatic carbocycles. The van der Waals surface area contributed by atoms with Crippen molar-refractivity contribution < 1.29 is 39.3 Å². The summed E-state index contributed by atoms with van der Waals surface area (Å²) in [4.78, 5) is 65.9. The molecule has 0 spiro atoms. The van der Waals surface area contributed by atoms with E-state index in [1.165, 1.54) is 24.3 Å². The number of hydrogen-bond acceptors (Lipinski definition) is 9. The predicted molar refractivity (Wildman–Crippen MR) is 159 cm³/mol. The van der Waals surface area contributed by atoms with Crippen LogP contribution in [0.4, 0.5) is 0 Å². The Morgan fingerprint density at radius 2 is 1.27 bits per heavy atom.